The smallest absolute Gasteiger partial charge is 0.200 e. The molecule has 1 nitrogen and oxygen atoms in total. The fraction of sp³-hybridized carbons (Fsp3) is 0.680. The highest BCUT2D eigenvalue weighted by atomic mass is 19.2. The van der Waals surface area contributed by atoms with Crippen LogP contribution in [0.2, 0.25) is 0 Å². The van der Waals surface area contributed by atoms with Gasteiger partial charge in [-0.05, 0) is 106 Å². The van der Waals surface area contributed by atoms with Crippen LogP contribution in [-0.4, -0.2) is 13.3 Å². The second kappa shape index (κ2) is 11.2. The molecule has 0 heterocycles. The molecule has 1 aromatic rings. The van der Waals surface area contributed by atoms with Crippen LogP contribution in [-0.2, 0) is 0 Å². The third-order valence-corrected chi connectivity index (χ3v) is 7.04. The van der Waals surface area contributed by atoms with E-state index in [1.165, 1.54) is 0 Å². The number of allylic oxidation sites excluding steroid dienone is 2. The maximum absolute atomic E-state index is 14.5. The van der Waals surface area contributed by atoms with Crippen LogP contribution in [0, 0.1) is 29.4 Å². The van der Waals surface area contributed by atoms with E-state index in [0.717, 1.165) is 51.4 Å². The molecule has 0 aliphatic heterocycles. The van der Waals surface area contributed by atoms with E-state index < -0.39 is 18.3 Å². The topological polar surface area (TPSA) is 9.23 Å². The molecule has 0 radical (unpaired) electrons. The van der Waals surface area contributed by atoms with Crippen LogP contribution in [0.15, 0.2) is 24.0 Å². The summed E-state index contributed by atoms with van der Waals surface area (Å²) in [6.45, 7) is 1.59. The van der Waals surface area contributed by atoms with Gasteiger partial charge in [-0.2, -0.15) is 4.39 Å². The summed E-state index contributed by atoms with van der Waals surface area (Å²) in [6.07, 6.45) is 10.2. The summed E-state index contributed by atoms with van der Waals surface area (Å²) in [4.78, 5) is 0. The predicted molar refractivity (Wildman–Crippen MR) is 112 cm³/mol. The van der Waals surface area contributed by atoms with Crippen molar-refractivity contribution in [3.63, 3.8) is 0 Å². The Hall–Kier alpha value is -1.52. The Morgan fingerprint density at radius 3 is 2.20 bits per heavy atom. The van der Waals surface area contributed by atoms with Crippen molar-refractivity contribution in [3.8, 4) is 5.75 Å². The molecule has 2 aliphatic carbocycles. The lowest BCUT2D eigenvalue weighted by molar-refractivity contribution is 0.170. The van der Waals surface area contributed by atoms with Crippen LogP contribution in [0.4, 0.5) is 17.6 Å². The third kappa shape index (κ3) is 5.79. The average molecular weight is 427 g/mol. The zero-order valence-electron chi connectivity index (χ0n) is 17.9. The maximum atomic E-state index is 14.5. The zero-order chi connectivity index (χ0) is 21.5. The number of hydrogen-bond donors (Lipinski definition) is 0. The Kier molecular flexibility index (Phi) is 8.64. The Morgan fingerprint density at radius 2 is 1.60 bits per heavy atom. The molecule has 1 aromatic carbocycles. The third-order valence-electron chi connectivity index (χ3n) is 7.04. The van der Waals surface area contributed by atoms with E-state index in [-0.39, 0.29) is 36.3 Å². The molecule has 2 aliphatic rings. The first-order valence-corrected chi connectivity index (χ1v) is 11.6. The van der Waals surface area contributed by atoms with Gasteiger partial charge in [0.2, 0.25) is 5.82 Å². The van der Waals surface area contributed by atoms with Crippen molar-refractivity contribution in [2.24, 2.45) is 17.8 Å². The van der Waals surface area contributed by atoms with E-state index in [9.17, 15) is 17.6 Å². The van der Waals surface area contributed by atoms with Crippen LogP contribution < -0.4 is 4.74 Å². The predicted octanol–water partition coefficient (Wildman–Crippen LogP) is 8.05. The van der Waals surface area contributed by atoms with Gasteiger partial charge in [0.05, 0.1) is 19.1 Å². The molecule has 5 heteroatoms. The van der Waals surface area contributed by atoms with Crippen molar-refractivity contribution in [2.75, 3.05) is 13.3 Å². The standard InChI is InChI=1S/C25H34F4O/c1-2-30-23-14-13-22(24(28)25(23)29)20-11-9-19(10-12-20)18-7-5-17(6-8-18)16-21(27)4-3-15-26/h13-14,16-20H,2-12,15H2,1H3/b21-16-. The van der Waals surface area contributed by atoms with Gasteiger partial charge >= 0.3 is 0 Å². The first-order chi connectivity index (χ1) is 14.5. The maximum Gasteiger partial charge on any atom is 0.200 e. The Labute approximate surface area is 177 Å². The lowest BCUT2D eigenvalue weighted by Crippen LogP contribution is -2.25. The van der Waals surface area contributed by atoms with Gasteiger partial charge in [0.15, 0.2) is 11.6 Å². The molecule has 0 bridgehead atoms. The quantitative estimate of drug-likeness (QED) is 0.382. The molecule has 0 saturated heterocycles. The fourth-order valence-electron chi connectivity index (χ4n) is 5.39. The minimum Gasteiger partial charge on any atom is -0.491 e. The van der Waals surface area contributed by atoms with E-state index in [0.29, 0.717) is 24.0 Å². The summed E-state index contributed by atoms with van der Waals surface area (Å²) in [6, 6.07) is 3.23. The Morgan fingerprint density at radius 1 is 0.967 bits per heavy atom. The summed E-state index contributed by atoms with van der Waals surface area (Å²) in [5.41, 5.74) is 0.479. The highest BCUT2D eigenvalue weighted by Gasteiger charge is 2.32. The van der Waals surface area contributed by atoms with Crippen LogP contribution in [0.25, 0.3) is 0 Å². The van der Waals surface area contributed by atoms with E-state index in [1.807, 2.05) is 0 Å². The van der Waals surface area contributed by atoms with E-state index in [4.69, 9.17) is 4.74 Å². The number of benzene rings is 1. The van der Waals surface area contributed by atoms with Crippen molar-refractivity contribution in [1.29, 1.82) is 0 Å². The van der Waals surface area contributed by atoms with Gasteiger partial charge in [0.25, 0.3) is 0 Å². The molecule has 2 fully saturated rings. The molecular formula is C25H34F4O. The van der Waals surface area contributed by atoms with Gasteiger partial charge in [-0.25, -0.2) is 8.78 Å². The molecule has 0 aromatic heterocycles. The fourth-order valence-corrected chi connectivity index (χ4v) is 5.39. The molecule has 0 unspecified atom stereocenters. The lowest BCUT2D eigenvalue weighted by atomic mass is 9.68. The Balaban J connectivity index is 1.49. The molecule has 30 heavy (non-hydrogen) atoms. The molecule has 3 rings (SSSR count). The van der Waals surface area contributed by atoms with Crippen molar-refractivity contribution in [2.45, 2.75) is 77.0 Å². The first kappa shape index (κ1) is 23.1. The second-order valence-electron chi connectivity index (χ2n) is 8.91. The molecule has 0 amide bonds. The summed E-state index contributed by atoms with van der Waals surface area (Å²) < 4.78 is 59.9. The molecule has 168 valence electrons. The van der Waals surface area contributed by atoms with E-state index in [1.54, 1.807) is 25.1 Å². The Bertz CT molecular complexity index is 701. The minimum absolute atomic E-state index is 0.0145. The minimum atomic E-state index is -0.874. The van der Waals surface area contributed by atoms with Crippen molar-refractivity contribution in [3.05, 3.63) is 41.2 Å². The summed E-state index contributed by atoms with van der Waals surface area (Å²) >= 11 is 0. The second-order valence-corrected chi connectivity index (χ2v) is 8.91. The normalized spacial score (nSPS) is 27.8. The highest BCUT2D eigenvalue weighted by molar-refractivity contribution is 5.33. The van der Waals surface area contributed by atoms with E-state index in [2.05, 4.69) is 0 Å². The van der Waals surface area contributed by atoms with Gasteiger partial charge < -0.3 is 4.74 Å². The van der Waals surface area contributed by atoms with Crippen molar-refractivity contribution < 1.29 is 22.3 Å². The largest absolute Gasteiger partial charge is 0.491 e. The summed E-state index contributed by atoms with van der Waals surface area (Å²) in [5, 5.41) is 0. The van der Waals surface area contributed by atoms with Gasteiger partial charge in [0, 0.05) is 6.42 Å². The monoisotopic (exact) mass is 426 g/mol. The number of hydrogen-bond acceptors (Lipinski definition) is 1. The highest BCUT2D eigenvalue weighted by Crippen LogP contribution is 2.45. The van der Waals surface area contributed by atoms with Crippen LogP contribution in [0.5, 0.6) is 5.75 Å². The number of ether oxygens (including phenoxy) is 1. The molecular weight excluding hydrogens is 392 g/mol. The van der Waals surface area contributed by atoms with Gasteiger partial charge in [-0.15, -0.1) is 0 Å². The van der Waals surface area contributed by atoms with E-state index >= 15 is 0 Å². The first-order valence-electron chi connectivity index (χ1n) is 11.6. The van der Waals surface area contributed by atoms with Gasteiger partial charge in [-0.3, -0.25) is 4.39 Å². The SMILES string of the molecule is CCOc1ccc(C2CCC(C3CCC(/C=C(\F)CCCF)CC3)CC2)c(F)c1F. The summed E-state index contributed by atoms with van der Waals surface area (Å²) in [7, 11) is 0. The van der Waals surface area contributed by atoms with Crippen LogP contribution in [0.3, 0.4) is 0 Å². The van der Waals surface area contributed by atoms with Gasteiger partial charge in [0.1, 0.15) is 0 Å². The number of rotatable bonds is 8. The molecule has 0 spiro atoms. The van der Waals surface area contributed by atoms with Crippen molar-refractivity contribution in [1.82, 2.24) is 0 Å². The molecule has 0 N–H and O–H groups in total. The van der Waals surface area contributed by atoms with Crippen molar-refractivity contribution >= 4 is 0 Å². The van der Waals surface area contributed by atoms with Crippen LogP contribution in [0.1, 0.15) is 82.6 Å². The average Bonchev–Trinajstić information content (AvgIpc) is 2.76. The zero-order valence-corrected chi connectivity index (χ0v) is 17.9. The molecule has 0 atom stereocenters. The number of halogens is 4. The summed E-state index contributed by atoms with van der Waals surface area (Å²) in [5.74, 6) is -0.202. The number of alkyl halides is 1. The van der Waals surface area contributed by atoms with Gasteiger partial charge in [-0.1, -0.05) is 6.07 Å². The lowest BCUT2D eigenvalue weighted by Gasteiger charge is -2.37. The van der Waals surface area contributed by atoms with Crippen LogP contribution >= 0.6 is 0 Å². The molecule has 2 saturated carbocycles.